The number of aliphatic hydroxyl groups is 1. The van der Waals surface area contributed by atoms with Gasteiger partial charge in [-0.15, -0.1) is 0 Å². The number of anilines is 1. The molecule has 0 amide bonds. The summed E-state index contributed by atoms with van der Waals surface area (Å²) in [5, 5.41) is 13.1. The molecule has 80 valence electrons. The van der Waals surface area contributed by atoms with E-state index in [1.807, 2.05) is 25.1 Å². The molecule has 1 aromatic heterocycles. The second kappa shape index (κ2) is 4.59. The smallest absolute Gasteiger partial charge is 0.183 e. The fourth-order valence-electron chi connectivity index (χ4n) is 1.27. The van der Waals surface area contributed by atoms with Crippen molar-refractivity contribution in [3.05, 3.63) is 24.3 Å². The Hall–Kier alpha value is -1.13. The van der Waals surface area contributed by atoms with Gasteiger partial charge in [-0.25, -0.2) is 4.98 Å². The molecule has 1 atom stereocenters. The van der Waals surface area contributed by atoms with E-state index in [0.717, 1.165) is 17.2 Å². The molecule has 0 aliphatic heterocycles. The molecule has 4 heteroatoms. The number of aromatic nitrogens is 1. The first-order valence-electron chi connectivity index (χ1n) is 5.00. The van der Waals surface area contributed by atoms with E-state index in [9.17, 15) is 0 Å². The average molecular weight is 222 g/mol. The summed E-state index contributed by atoms with van der Waals surface area (Å²) in [6.45, 7) is 2.97. The van der Waals surface area contributed by atoms with Crippen LogP contribution < -0.4 is 5.32 Å². The Labute approximate surface area is 92.8 Å². The molecular weight excluding hydrogens is 208 g/mol. The van der Waals surface area contributed by atoms with Crippen molar-refractivity contribution in [2.75, 3.05) is 18.5 Å². The van der Waals surface area contributed by atoms with E-state index in [4.69, 9.17) is 5.11 Å². The molecule has 2 rings (SSSR count). The van der Waals surface area contributed by atoms with E-state index >= 15 is 0 Å². The largest absolute Gasteiger partial charge is 0.396 e. The Morgan fingerprint density at radius 1 is 1.47 bits per heavy atom. The molecule has 0 saturated carbocycles. The molecule has 0 aliphatic carbocycles. The normalized spacial score (nSPS) is 12.9. The minimum Gasteiger partial charge on any atom is -0.396 e. The van der Waals surface area contributed by atoms with Crippen LogP contribution in [0.5, 0.6) is 0 Å². The zero-order chi connectivity index (χ0) is 10.7. The van der Waals surface area contributed by atoms with Gasteiger partial charge in [0.1, 0.15) is 0 Å². The lowest BCUT2D eigenvalue weighted by Crippen LogP contribution is -2.14. The fraction of sp³-hybridized carbons (Fsp3) is 0.364. The van der Waals surface area contributed by atoms with Gasteiger partial charge in [0.15, 0.2) is 5.13 Å². The second-order valence-electron chi connectivity index (χ2n) is 3.66. The molecule has 2 N–H and O–H groups in total. The minimum absolute atomic E-state index is 0.206. The summed E-state index contributed by atoms with van der Waals surface area (Å²) < 4.78 is 1.19. The van der Waals surface area contributed by atoms with Gasteiger partial charge in [0, 0.05) is 13.2 Å². The number of rotatable bonds is 4. The van der Waals surface area contributed by atoms with Crippen molar-refractivity contribution in [3.63, 3.8) is 0 Å². The zero-order valence-corrected chi connectivity index (χ0v) is 9.42. The van der Waals surface area contributed by atoms with Crippen LogP contribution in [-0.2, 0) is 0 Å². The highest BCUT2D eigenvalue weighted by molar-refractivity contribution is 7.22. The molecule has 15 heavy (non-hydrogen) atoms. The molecule has 1 unspecified atom stereocenters. The van der Waals surface area contributed by atoms with E-state index in [0.29, 0.717) is 0 Å². The number of fused-ring (bicyclic) bond motifs is 1. The molecule has 1 aromatic carbocycles. The van der Waals surface area contributed by atoms with E-state index in [2.05, 4.69) is 16.4 Å². The van der Waals surface area contributed by atoms with Gasteiger partial charge in [-0.05, 0) is 18.1 Å². The third kappa shape index (κ3) is 2.46. The Morgan fingerprint density at radius 2 is 2.27 bits per heavy atom. The van der Waals surface area contributed by atoms with Gasteiger partial charge in [0.25, 0.3) is 0 Å². The lowest BCUT2D eigenvalue weighted by atomic mass is 10.2. The van der Waals surface area contributed by atoms with Crippen LogP contribution in [0.3, 0.4) is 0 Å². The van der Waals surface area contributed by atoms with Crippen molar-refractivity contribution in [1.29, 1.82) is 0 Å². The lowest BCUT2D eigenvalue weighted by Gasteiger charge is -2.07. The second-order valence-corrected chi connectivity index (χ2v) is 4.69. The van der Waals surface area contributed by atoms with Crippen LogP contribution in [0.2, 0.25) is 0 Å². The third-order valence-electron chi connectivity index (χ3n) is 2.21. The van der Waals surface area contributed by atoms with Gasteiger partial charge in [-0.1, -0.05) is 30.4 Å². The number of nitrogens with one attached hydrogen (secondary N) is 1. The Morgan fingerprint density at radius 3 is 3.00 bits per heavy atom. The van der Waals surface area contributed by atoms with E-state index in [-0.39, 0.29) is 12.5 Å². The summed E-state index contributed by atoms with van der Waals surface area (Å²) in [5.41, 5.74) is 1.03. The number of hydrogen-bond donors (Lipinski definition) is 2. The van der Waals surface area contributed by atoms with E-state index in [1.54, 1.807) is 11.3 Å². The van der Waals surface area contributed by atoms with Crippen molar-refractivity contribution in [3.8, 4) is 0 Å². The highest BCUT2D eigenvalue weighted by Gasteiger charge is 2.04. The predicted octanol–water partition coefficient (Wildman–Crippen LogP) is 2.34. The Kier molecular flexibility index (Phi) is 3.18. The molecular formula is C11H14N2OS. The van der Waals surface area contributed by atoms with E-state index in [1.165, 1.54) is 4.70 Å². The van der Waals surface area contributed by atoms with Gasteiger partial charge in [-0.2, -0.15) is 0 Å². The maximum Gasteiger partial charge on any atom is 0.183 e. The Balaban J connectivity index is 2.09. The maximum atomic E-state index is 8.90. The predicted molar refractivity (Wildman–Crippen MR) is 64.4 cm³/mol. The van der Waals surface area contributed by atoms with Gasteiger partial charge in [0.05, 0.1) is 10.2 Å². The highest BCUT2D eigenvalue weighted by Crippen LogP contribution is 2.25. The molecule has 0 spiro atoms. The summed E-state index contributed by atoms with van der Waals surface area (Å²) in [6.07, 6.45) is 0. The lowest BCUT2D eigenvalue weighted by molar-refractivity contribution is 0.244. The molecule has 0 aliphatic rings. The molecule has 3 nitrogen and oxygen atoms in total. The molecule has 0 fully saturated rings. The van der Waals surface area contributed by atoms with Gasteiger partial charge >= 0.3 is 0 Å². The third-order valence-corrected chi connectivity index (χ3v) is 3.20. The van der Waals surface area contributed by atoms with Crippen molar-refractivity contribution >= 4 is 26.7 Å². The maximum absolute atomic E-state index is 8.90. The monoisotopic (exact) mass is 222 g/mol. The first-order valence-corrected chi connectivity index (χ1v) is 5.81. The summed E-state index contributed by atoms with van der Waals surface area (Å²) in [5.74, 6) is 0.261. The van der Waals surface area contributed by atoms with Crippen LogP contribution in [0.1, 0.15) is 6.92 Å². The van der Waals surface area contributed by atoms with E-state index < -0.39 is 0 Å². The van der Waals surface area contributed by atoms with Crippen LogP contribution in [-0.4, -0.2) is 23.2 Å². The fourth-order valence-corrected chi connectivity index (χ4v) is 2.15. The molecule has 0 radical (unpaired) electrons. The number of benzene rings is 1. The standard InChI is InChI=1S/C11H14N2OS/c1-8(7-14)6-12-11-13-9-4-2-3-5-10(9)15-11/h2-5,8,14H,6-7H2,1H3,(H,12,13). The number of thiazole rings is 1. The summed E-state index contributed by atoms with van der Waals surface area (Å²) in [7, 11) is 0. The molecule has 2 aromatic rings. The molecule has 1 heterocycles. The molecule has 0 bridgehead atoms. The topological polar surface area (TPSA) is 45.1 Å². The number of nitrogens with zero attached hydrogens (tertiary/aromatic N) is 1. The number of aliphatic hydroxyl groups excluding tert-OH is 1. The van der Waals surface area contributed by atoms with Crippen LogP contribution in [0.25, 0.3) is 10.2 Å². The van der Waals surface area contributed by atoms with Crippen LogP contribution in [0.15, 0.2) is 24.3 Å². The zero-order valence-electron chi connectivity index (χ0n) is 8.60. The minimum atomic E-state index is 0.206. The van der Waals surface area contributed by atoms with Gasteiger partial charge in [-0.3, -0.25) is 0 Å². The highest BCUT2D eigenvalue weighted by atomic mass is 32.1. The van der Waals surface area contributed by atoms with Crippen LogP contribution in [0, 0.1) is 5.92 Å². The Bertz CT molecular complexity index is 408. The number of hydrogen-bond acceptors (Lipinski definition) is 4. The van der Waals surface area contributed by atoms with Crippen molar-refractivity contribution in [2.45, 2.75) is 6.92 Å². The summed E-state index contributed by atoms with van der Waals surface area (Å²) in [4.78, 5) is 4.44. The van der Waals surface area contributed by atoms with Crippen LogP contribution in [0.4, 0.5) is 5.13 Å². The first-order chi connectivity index (χ1) is 7.29. The average Bonchev–Trinajstić information content (AvgIpc) is 2.68. The van der Waals surface area contributed by atoms with Crippen molar-refractivity contribution in [2.24, 2.45) is 5.92 Å². The quantitative estimate of drug-likeness (QED) is 0.834. The van der Waals surface area contributed by atoms with Crippen molar-refractivity contribution < 1.29 is 5.11 Å². The SMILES string of the molecule is CC(CO)CNc1nc2ccccc2s1. The van der Waals surface area contributed by atoms with Gasteiger partial charge in [0.2, 0.25) is 0 Å². The first kappa shape index (κ1) is 10.4. The molecule has 0 saturated heterocycles. The van der Waals surface area contributed by atoms with Crippen molar-refractivity contribution in [1.82, 2.24) is 4.98 Å². The summed E-state index contributed by atoms with van der Waals surface area (Å²) in [6, 6.07) is 8.07. The van der Waals surface area contributed by atoms with Gasteiger partial charge < -0.3 is 10.4 Å². The van der Waals surface area contributed by atoms with Crippen LogP contribution >= 0.6 is 11.3 Å². The summed E-state index contributed by atoms with van der Waals surface area (Å²) >= 11 is 1.65. The number of para-hydroxylation sites is 1.